The molecule has 1 aliphatic carbocycles. The molecule has 6 heteroatoms. The van der Waals surface area contributed by atoms with Crippen molar-refractivity contribution < 1.29 is 4.79 Å². The Bertz CT molecular complexity index is 1940. The molecule has 5 aromatic carbocycles. The van der Waals surface area contributed by atoms with Gasteiger partial charge in [0.05, 0.1) is 0 Å². The number of amides is 1. The molecule has 1 aliphatic rings. The number of hydrogen-bond donors (Lipinski definition) is 0. The van der Waals surface area contributed by atoms with Crippen molar-refractivity contribution >= 4 is 46.1 Å². The van der Waals surface area contributed by atoms with Gasteiger partial charge in [-0.3, -0.25) is 4.79 Å². The number of carbonyl (C=O) groups is 1. The molecule has 0 N–H and O–H groups in total. The average Bonchev–Trinajstić information content (AvgIpc) is 3.13. The summed E-state index contributed by atoms with van der Waals surface area (Å²) in [6.45, 7) is 0. The Balaban J connectivity index is 1.30. The Kier molecular flexibility index (Phi) is 9.56. The summed E-state index contributed by atoms with van der Waals surface area (Å²) in [5.74, 6) is -1.04. The molecule has 0 fully saturated rings. The summed E-state index contributed by atoms with van der Waals surface area (Å²) in [5.41, 5.74) is 9.08. The van der Waals surface area contributed by atoms with Crippen LogP contribution in [0.4, 0.5) is 34.1 Å². The highest BCUT2D eigenvalue weighted by Crippen LogP contribution is 2.39. The van der Waals surface area contributed by atoms with E-state index in [4.69, 9.17) is 0 Å². The van der Waals surface area contributed by atoms with Gasteiger partial charge in [-0.2, -0.15) is 5.26 Å². The van der Waals surface area contributed by atoms with E-state index in [-0.39, 0.29) is 5.57 Å². The Hall–Kier alpha value is -6.32. The maximum atomic E-state index is 11.6. The largest absolute Gasteiger partial charge is 0.327 e. The number of para-hydroxylation sites is 3. The van der Waals surface area contributed by atoms with E-state index in [1.807, 2.05) is 36.4 Å². The number of anilines is 6. The second-order valence-electron chi connectivity index (χ2n) is 11.1. The van der Waals surface area contributed by atoms with Gasteiger partial charge < -0.3 is 9.80 Å². The molecule has 0 aromatic heterocycles. The third-order valence-electron chi connectivity index (χ3n) is 7.98. The summed E-state index contributed by atoms with van der Waals surface area (Å²) in [6, 6.07) is 49.9. The van der Waals surface area contributed by atoms with E-state index < -0.39 is 5.91 Å². The van der Waals surface area contributed by atoms with Gasteiger partial charge in [0.1, 0.15) is 11.6 Å². The number of hydrogen-bond acceptors (Lipinski definition) is 5. The molecule has 0 heterocycles. The molecule has 0 radical (unpaired) electrons. The molecular weight excluding hydrogens is 580 g/mol. The maximum absolute atomic E-state index is 11.6. The quantitative estimate of drug-likeness (QED) is 0.0940. The summed E-state index contributed by atoms with van der Waals surface area (Å²) in [4.78, 5) is 26.7. The molecular formula is C41H32N4O2. The zero-order valence-corrected chi connectivity index (χ0v) is 25.7. The lowest BCUT2D eigenvalue weighted by molar-refractivity contribution is -0.114. The lowest BCUT2D eigenvalue weighted by atomic mass is 9.92. The van der Waals surface area contributed by atoms with Crippen LogP contribution in [-0.4, -0.2) is 5.91 Å². The number of nitrogens with zero attached hydrogens (tertiary/aromatic N) is 4. The van der Waals surface area contributed by atoms with Gasteiger partial charge in [-0.1, -0.05) is 78.9 Å². The molecule has 0 atom stereocenters. The molecule has 0 unspecified atom stereocenters. The van der Waals surface area contributed by atoms with E-state index in [1.54, 1.807) is 6.07 Å². The first-order valence-corrected chi connectivity index (χ1v) is 15.5. The van der Waals surface area contributed by atoms with Crippen molar-refractivity contribution in [2.24, 2.45) is 5.18 Å². The number of benzene rings is 5. The molecule has 6 nitrogen and oxygen atoms in total. The molecule has 6 rings (SSSR count). The molecule has 0 bridgehead atoms. The highest BCUT2D eigenvalue weighted by Gasteiger charge is 2.16. The molecule has 0 saturated carbocycles. The van der Waals surface area contributed by atoms with Crippen LogP contribution in [0.5, 0.6) is 0 Å². The summed E-state index contributed by atoms with van der Waals surface area (Å²) < 4.78 is 0. The summed E-state index contributed by atoms with van der Waals surface area (Å²) in [6.07, 6.45) is 8.07. The Morgan fingerprint density at radius 2 is 1.04 bits per heavy atom. The topological polar surface area (TPSA) is 76.8 Å². The van der Waals surface area contributed by atoms with Gasteiger partial charge >= 0.3 is 5.91 Å². The number of nitriles is 1. The van der Waals surface area contributed by atoms with Crippen LogP contribution in [0.3, 0.4) is 0 Å². The second-order valence-corrected chi connectivity index (χ2v) is 11.1. The van der Waals surface area contributed by atoms with Gasteiger partial charge in [0.2, 0.25) is 0 Å². The predicted molar refractivity (Wildman–Crippen MR) is 190 cm³/mol. The lowest BCUT2D eigenvalue weighted by Gasteiger charge is -2.28. The van der Waals surface area contributed by atoms with Gasteiger partial charge in [-0.05, 0) is 115 Å². The van der Waals surface area contributed by atoms with Gasteiger partial charge in [0, 0.05) is 39.3 Å². The standard InChI is InChI=1S/C41H32N4O2/c42-30-34(41(46)43-47)29-33-12-10-11-32(28-33)27-31-19-21-38(22-20-31)45(37-17-8-3-9-18-37)40-25-23-39(24-26-40)44(35-13-4-1-5-14-35)36-15-6-2-7-16-36/h1-9,13-29H,10-12H2/b32-27+,34-29+. The van der Waals surface area contributed by atoms with E-state index in [0.717, 1.165) is 70.1 Å². The fraction of sp³-hybridized carbons (Fsp3) is 0.0732. The van der Waals surface area contributed by atoms with Crippen LogP contribution >= 0.6 is 0 Å². The van der Waals surface area contributed by atoms with Crippen LogP contribution < -0.4 is 9.80 Å². The van der Waals surface area contributed by atoms with Crippen molar-refractivity contribution in [2.75, 3.05) is 9.80 Å². The molecule has 47 heavy (non-hydrogen) atoms. The highest BCUT2D eigenvalue weighted by molar-refractivity contribution is 5.98. The van der Waals surface area contributed by atoms with Crippen molar-refractivity contribution in [1.29, 1.82) is 5.26 Å². The molecule has 1 amide bonds. The summed E-state index contributed by atoms with van der Waals surface area (Å²) >= 11 is 0. The highest BCUT2D eigenvalue weighted by atomic mass is 16.3. The molecule has 0 saturated heterocycles. The Morgan fingerprint density at radius 1 is 0.617 bits per heavy atom. The Labute approximate surface area is 274 Å². The van der Waals surface area contributed by atoms with E-state index in [0.29, 0.717) is 0 Å². The zero-order valence-electron chi connectivity index (χ0n) is 25.7. The number of rotatable bonds is 9. The third kappa shape index (κ3) is 7.33. The van der Waals surface area contributed by atoms with Gasteiger partial charge in [-0.25, -0.2) is 0 Å². The average molecular weight is 613 g/mol. The normalized spacial score (nSPS) is 13.7. The SMILES string of the molecule is N#C/C(=C\C1=CC(=C/c2ccc(N(c3ccccc3)c3ccc(N(c4ccccc4)c4ccccc4)cc3)cc2)/CCC1)C(=O)N=O. The van der Waals surface area contributed by atoms with Gasteiger partial charge in [-0.15, -0.1) is 4.91 Å². The fourth-order valence-corrected chi connectivity index (χ4v) is 5.79. The van der Waals surface area contributed by atoms with Crippen molar-refractivity contribution in [3.05, 3.63) is 179 Å². The molecule has 228 valence electrons. The van der Waals surface area contributed by atoms with Crippen molar-refractivity contribution in [2.45, 2.75) is 19.3 Å². The predicted octanol–water partition coefficient (Wildman–Crippen LogP) is 10.9. The van der Waals surface area contributed by atoms with Crippen LogP contribution in [0.25, 0.3) is 6.08 Å². The monoisotopic (exact) mass is 612 g/mol. The van der Waals surface area contributed by atoms with E-state index in [1.165, 1.54) is 6.08 Å². The first-order valence-electron chi connectivity index (χ1n) is 15.5. The minimum atomic E-state index is -1.04. The smallest absolute Gasteiger partial charge is 0.311 e. The Morgan fingerprint density at radius 3 is 1.47 bits per heavy atom. The first-order chi connectivity index (χ1) is 23.1. The zero-order chi connectivity index (χ0) is 32.4. The van der Waals surface area contributed by atoms with E-state index >= 15 is 0 Å². The van der Waals surface area contributed by atoms with Crippen LogP contribution in [0.1, 0.15) is 24.8 Å². The summed E-state index contributed by atoms with van der Waals surface area (Å²) in [5, 5.41) is 11.6. The minimum Gasteiger partial charge on any atom is -0.311 e. The van der Waals surface area contributed by atoms with E-state index in [9.17, 15) is 15.0 Å². The van der Waals surface area contributed by atoms with Gasteiger partial charge in [0.25, 0.3) is 0 Å². The van der Waals surface area contributed by atoms with Crippen LogP contribution in [-0.2, 0) is 4.79 Å². The number of allylic oxidation sites excluding steroid dienone is 4. The van der Waals surface area contributed by atoms with Crippen molar-refractivity contribution in [3.63, 3.8) is 0 Å². The van der Waals surface area contributed by atoms with Crippen molar-refractivity contribution in [3.8, 4) is 6.07 Å². The second kappa shape index (κ2) is 14.6. The third-order valence-corrected chi connectivity index (χ3v) is 7.98. The van der Waals surface area contributed by atoms with Crippen LogP contribution in [0.2, 0.25) is 0 Å². The molecule has 0 aliphatic heterocycles. The lowest BCUT2D eigenvalue weighted by Crippen LogP contribution is -2.12. The minimum absolute atomic E-state index is 0.237. The number of carbonyl (C=O) groups excluding carboxylic acids is 1. The number of nitroso groups, excluding NO2 is 1. The maximum Gasteiger partial charge on any atom is 0.327 e. The molecule has 5 aromatic rings. The van der Waals surface area contributed by atoms with Crippen molar-refractivity contribution in [1.82, 2.24) is 0 Å². The fourth-order valence-electron chi connectivity index (χ4n) is 5.79. The van der Waals surface area contributed by atoms with Gasteiger partial charge in [0.15, 0.2) is 0 Å². The first kappa shape index (κ1) is 30.7. The summed E-state index contributed by atoms with van der Waals surface area (Å²) in [7, 11) is 0. The van der Waals surface area contributed by atoms with Crippen LogP contribution in [0, 0.1) is 16.2 Å². The molecule has 0 spiro atoms. The van der Waals surface area contributed by atoms with E-state index in [2.05, 4.69) is 130 Å². The van der Waals surface area contributed by atoms with Crippen LogP contribution in [0.15, 0.2) is 174 Å².